The summed E-state index contributed by atoms with van der Waals surface area (Å²) >= 11 is 0. The molecule has 28 heavy (non-hydrogen) atoms. The largest absolute Gasteiger partial charge is 0.289 e. The van der Waals surface area contributed by atoms with Crippen LogP contribution in [0, 0.1) is 11.8 Å². The zero-order chi connectivity index (χ0) is 19.9. The summed E-state index contributed by atoms with van der Waals surface area (Å²) in [6, 6.07) is 26.5. The number of ketones is 1. The molecule has 1 heteroatoms. The molecule has 0 saturated heterocycles. The number of rotatable bonds is 8. The van der Waals surface area contributed by atoms with Crippen LogP contribution in [-0.2, 0) is 12.8 Å². The zero-order valence-electron chi connectivity index (χ0n) is 17.1. The first-order valence-corrected chi connectivity index (χ1v) is 10.1. The predicted octanol–water partition coefficient (Wildman–Crippen LogP) is 6.69. The molecule has 0 amide bonds. The van der Waals surface area contributed by atoms with Gasteiger partial charge >= 0.3 is 0 Å². The molecule has 3 rings (SSSR count). The minimum Gasteiger partial charge on any atom is -0.289 e. The van der Waals surface area contributed by atoms with Crippen molar-refractivity contribution in [2.75, 3.05) is 0 Å². The molecule has 0 spiro atoms. The number of benzene rings is 3. The lowest BCUT2D eigenvalue weighted by Gasteiger charge is -2.13. The molecule has 0 heterocycles. The molecule has 0 atom stereocenters. The second-order valence-electron chi connectivity index (χ2n) is 7.97. The fourth-order valence-corrected chi connectivity index (χ4v) is 3.47. The van der Waals surface area contributed by atoms with Gasteiger partial charge in [0.15, 0.2) is 5.78 Å². The third-order valence-corrected chi connectivity index (χ3v) is 5.11. The van der Waals surface area contributed by atoms with Crippen molar-refractivity contribution in [2.45, 2.75) is 40.0 Å². The number of aryl methyl sites for hydroxylation is 1. The molecular formula is C27H29O. The molecule has 0 N–H and O–H groups in total. The van der Waals surface area contributed by atoms with Crippen LogP contribution in [0.4, 0.5) is 0 Å². The van der Waals surface area contributed by atoms with E-state index in [9.17, 15) is 4.79 Å². The Kier molecular flexibility index (Phi) is 6.81. The van der Waals surface area contributed by atoms with Crippen LogP contribution in [0.5, 0.6) is 0 Å². The Hall–Kier alpha value is -2.67. The van der Waals surface area contributed by atoms with E-state index in [0.29, 0.717) is 5.92 Å². The van der Waals surface area contributed by atoms with E-state index in [2.05, 4.69) is 51.1 Å². The molecule has 3 aromatic rings. The molecule has 0 aliphatic heterocycles. The van der Waals surface area contributed by atoms with E-state index in [4.69, 9.17) is 0 Å². The van der Waals surface area contributed by atoms with Gasteiger partial charge in [-0.05, 0) is 47.9 Å². The van der Waals surface area contributed by atoms with Crippen molar-refractivity contribution >= 4 is 5.78 Å². The monoisotopic (exact) mass is 369 g/mol. The molecule has 0 fully saturated rings. The number of hydrogen-bond donors (Lipinski definition) is 0. The standard InChI is InChI=1S/C27H29O/c1-20(2)18-23-16-14-22(15-17-23)13-12-21(3)25-10-7-11-26(19-25)27(28)24-8-5-4-6-9-24/h4-11,14-17,19-20H,12-13,18H2,1-3H3. The van der Waals surface area contributed by atoms with Crippen molar-refractivity contribution in [2.24, 2.45) is 5.92 Å². The van der Waals surface area contributed by atoms with E-state index in [0.717, 1.165) is 36.0 Å². The highest BCUT2D eigenvalue weighted by Crippen LogP contribution is 2.23. The van der Waals surface area contributed by atoms with Crippen LogP contribution >= 0.6 is 0 Å². The van der Waals surface area contributed by atoms with E-state index < -0.39 is 0 Å². The number of carbonyl (C=O) groups is 1. The average molecular weight is 370 g/mol. The normalized spacial score (nSPS) is 11.2. The zero-order valence-corrected chi connectivity index (χ0v) is 17.1. The van der Waals surface area contributed by atoms with Crippen molar-refractivity contribution in [3.05, 3.63) is 113 Å². The highest BCUT2D eigenvalue weighted by Gasteiger charge is 2.12. The Morgan fingerprint density at radius 3 is 2.04 bits per heavy atom. The second kappa shape index (κ2) is 9.50. The van der Waals surface area contributed by atoms with E-state index in [1.54, 1.807) is 0 Å². The van der Waals surface area contributed by atoms with Crippen LogP contribution in [0.25, 0.3) is 0 Å². The fourth-order valence-electron chi connectivity index (χ4n) is 3.47. The third kappa shape index (κ3) is 5.42. The van der Waals surface area contributed by atoms with Crippen molar-refractivity contribution in [1.82, 2.24) is 0 Å². The molecule has 0 aromatic heterocycles. The molecule has 0 aliphatic carbocycles. The van der Waals surface area contributed by atoms with Gasteiger partial charge in [-0.3, -0.25) is 4.79 Å². The Labute approximate surface area is 169 Å². The topological polar surface area (TPSA) is 17.1 Å². The lowest BCUT2D eigenvalue weighted by atomic mass is 9.91. The first-order chi connectivity index (χ1) is 13.5. The molecule has 0 saturated carbocycles. The molecule has 0 bridgehead atoms. The molecule has 3 aromatic carbocycles. The summed E-state index contributed by atoms with van der Waals surface area (Å²) in [5, 5.41) is 0. The first-order valence-electron chi connectivity index (χ1n) is 10.1. The SMILES string of the molecule is C[C](CCc1ccc(CC(C)C)cc1)c1cccc(C(=O)c2ccccc2)c1. The summed E-state index contributed by atoms with van der Waals surface area (Å²) in [7, 11) is 0. The van der Waals surface area contributed by atoms with Crippen molar-refractivity contribution in [3.63, 3.8) is 0 Å². The van der Waals surface area contributed by atoms with Gasteiger partial charge in [-0.15, -0.1) is 0 Å². The number of hydrogen-bond acceptors (Lipinski definition) is 1. The van der Waals surface area contributed by atoms with Crippen molar-refractivity contribution in [3.8, 4) is 0 Å². The third-order valence-electron chi connectivity index (χ3n) is 5.11. The van der Waals surface area contributed by atoms with Crippen molar-refractivity contribution < 1.29 is 4.79 Å². The lowest BCUT2D eigenvalue weighted by molar-refractivity contribution is 0.103. The van der Waals surface area contributed by atoms with Gasteiger partial charge in [-0.2, -0.15) is 0 Å². The number of carbonyl (C=O) groups excluding carboxylic acids is 1. The summed E-state index contributed by atoms with van der Waals surface area (Å²) in [6.45, 7) is 6.67. The van der Waals surface area contributed by atoms with Gasteiger partial charge in [0.2, 0.25) is 0 Å². The van der Waals surface area contributed by atoms with Crippen LogP contribution in [0.2, 0.25) is 0 Å². The highest BCUT2D eigenvalue weighted by atomic mass is 16.1. The summed E-state index contributed by atoms with van der Waals surface area (Å²) in [5.74, 6) is 2.08. The smallest absolute Gasteiger partial charge is 0.193 e. The van der Waals surface area contributed by atoms with Gasteiger partial charge in [0.1, 0.15) is 0 Å². The van der Waals surface area contributed by atoms with Crippen LogP contribution in [0.3, 0.4) is 0 Å². The Morgan fingerprint density at radius 1 is 0.750 bits per heavy atom. The second-order valence-corrected chi connectivity index (χ2v) is 7.97. The summed E-state index contributed by atoms with van der Waals surface area (Å²) in [4.78, 5) is 12.7. The van der Waals surface area contributed by atoms with E-state index >= 15 is 0 Å². The van der Waals surface area contributed by atoms with Crippen LogP contribution in [0.15, 0.2) is 78.9 Å². The first kappa shape index (κ1) is 20.1. The van der Waals surface area contributed by atoms with Gasteiger partial charge in [0.25, 0.3) is 0 Å². The molecule has 143 valence electrons. The maximum Gasteiger partial charge on any atom is 0.193 e. The summed E-state index contributed by atoms with van der Waals surface area (Å²) in [5.41, 5.74) is 5.41. The molecule has 1 nitrogen and oxygen atoms in total. The van der Waals surface area contributed by atoms with Crippen LogP contribution in [-0.4, -0.2) is 5.78 Å². The fraction of sp³-hybridized carbons (Fsp3) is 0.259. The van der Waals surface area contributed by atoms with Gasteiger partial charge in [-0.25, -0.2) is 0 Å². The van der Waals surface area contributed by atoms with Crippen molar-refractivity contribution in [1.29, 1.82) is 0 Å². The average Bonchev–Trinajstić information content (AvgIpc) is 2.73. The minimum absolute atomic E-state index is 0.0796. The molecular weight excluding hydrogens is 340 g/mol. The van der Waals surface area contributed by atoms with Gasteiger partial charge in [-0.1, -0.05) is 93.6 Å². The Balaban J connectivity index is 1.63. The van der Waals surface area contributed by atoms with Gasteiger partial charge in [0.05, 0.1) is 0 Å². The molecule has 0 aliphatic rings. The summed E-state index contributed by atoms with van der Waals surface area (Å²) in [6.07, 6.45) is 3.14. The highest BCUT2D eigenvalue weighted by molar-refractivity contribution is 6.09. The maximum absolute atomic E-state index is 12.7. The molecule has 0 unspecified atom stereocenters. The molecule has 1 radical (unpaired) electrons. The minimum atomic E-state index is 0.0796. The quantitative estimate of drug-likeness (QED) is 0.404. The van der Waals surface area contributed by atoms with Gasteiger partial charge in [0, 0.05) is 17.0 Å². The predicted molar refractivity (Wildman–Crippen MR) is 118 cm³/mol. The Morgan fingerprint density at radius 2 is 1.36 bits per heavy atom. The van der Waals surface area contributed by atoms with Crippen LogP contribution < -0.4 is 0 Å². The van der Waals surface area contributed by atoms with E-state index in [1.807, 2.05) is 48.5 Å². The Bertz CT molecular complexity index is 891. The lowest BCUT2D eigenvalue weighted by Crippen LogP contribution is -2.04. The van der Waals surface area contributed by atoms with E-state index in [1.165, 1.54) is 17.0 Å². The summed E-state index contributed by atoms with van der Waals surface area (Å²) < 4.78 is 0. The van der Waals surface area contributed by atoms with Gasteiger partial charge < -0.3 is 0 Å². The van der Waals surface area contributed by atoms with E-state index in [-0.39, 0.29) is 5.78 Å². The van der Waals surface area contributed by atoms with Crippen LogP contribution in [0.1, 0.15) is 59.8 Å². The maximum atomic E-state index is 12.7.